The Labute approximate surface area is 153 Å². The minimum atomic E-state index is -3.66. The van der Waals surface area contributed by atoms with Gasteiger partial charge in [0.25, 0.3) is 10.0 Å². The summed E-state index contributed by atoms with van der Waals surface area (Å²) in [5.41, 5.74) is 0.597. The Morgan fingerprint density at radius 1 is 1.28 bits per heavy atom. The third-order valence-electron chi connectivity index (χ3n) is 4.85. The first-order valence-corrected chi connectivity index (χ1v) is 9.72. The maximum atomic E-state index is 12.7. The van der Waals surface area contributed by atoms with Crippen LogP contribution >= 0.6 is 12.4 Å². The molecule has 0 radical (unpaired) electrons. The van der Waals surface area contributed by atoms with Crippen molar-refractivity contribution in [1.29, 1.82) is 0 Å². The molecule has 2 atom stereocenters. The van der Waals surface area contributed by atoms with Crippen LogP contribution in [0.2, 0.25) is 0 Å². The lowest BCUT2D eigenvalue weighted by Gasteiger charge is -2.26. The summed E-state index contributed by atoms with van der Waals surface area (Å²) in [4.78, 5) is 14.7. The summed E-state index contributed by atoms with van der Waals surface area (Å²) in [6.45, 7) is 2.35. The van der Waals surface area contributed by atoms with E-state index in [0.717, 1.165) is 25.9 Å². The van der Waals surface area contributed by atoms with Crippen molar-refractivity contribution >= 4 is 34.2 Å². The number of carbonyl (C=O) groups is 1. The highest BCUT2D eigenvalue weighted by Gasteiger charge is 2.39. The highest BCUT2D eigenvalue weighted by atomic mass is 35.5. The fraction of sp³-hybridized carbons (Fsp3) is 0.500. The summed E-state index contributed by atoms with van der Waals surface area (Å²) in [6, 6.07) is 6.61. The smallest absolute Gasteiger partial charge is 0.285 e. The molecule has 3 aliphatic heterocycles. The van der Waals surface area contributed by atoms with Gasteiger partial charge in [-0.2, -0.15) is 8.42 Å². The fourth-order valence-electron chi connectivity index (χ4n) is 3.66. The Hall–Kier alpha value is -1.64. The third kappa shape index (κ3) is 3.26. The molecule has 1 aromatic carbocycles. The Bertz CT molecular complexity index is 805. The molecule has 4 rings (SSSR count). The van der Waals surface area contributed by atoms with E-state index in [1.165, 1.54) is 0 Å². The number of amides is 1. The van der Waals surface area contributed by atoms with E-state index < -0.39 is 10.0 Å². The van der Waals surface area contributed by atoms with Crippen molar-refractivity contribution in [2.24, 2.45) is 4.40 Å². The van der Waals surface area contributed by atoms with E-state index in [0.29, 0.717) is 24.4 Å². The third-order valence-corrected chi connectivity index (χ3v) is 6.17. The van der Waals surface area contributed by atoms with Gasteiger partial charge in [-0.15, -0.1) is 16.8 Å². The monoisotopic (exact) mass is 384 g/mol. The number of halogens is 1. The number of rotatable bonds is 2. The number of nitrogens with one attached hydrogen (secondary N) is 2. The molecule has 3 heterocycles. The highest BCUT2D eigenvalue weighted by Crippen LogP contribution is 2.31. The zero-order valence-corrected chi connectivity index (χ0v) is 15.3. The van der Waals surface area contributed by atoms with Crippen LogP contribution in [0.15, 0.2) is 33.6 Å². The summed E-state index contributed by atoms with van der Waals surface area (Å²) in [7, 11) is -3.66. The van der Waals surface area contributed by atoms with Gasteiger partial charge in [0.2, 0.25) is 5.91 Å². The molecular weight excluding hydrogens is 364 g/mol. The molecule has 7 nitrogen and oxygen atoms in total. The Morgan fingerprint density at radius 2 is 2.08 bits per heavy atom. The molecule has 25 heavy (non-hydrogen) atoms. The van der Waals surface area contributed by atoms with Gasteiger partial charge in [0, 0.05) is 24.7 Å². The molecule has 0 aromatic heterocycles. The van der Waals surface area contributed by atoms with Gasteiger partial charge in [0.05, 0.1) is 0 Å². The molecule has 2 N–H and O–H groups in total. The van der Waals surface area contributed by atoms with Crippen LogP contribution in [0.4, 0.5) is 0 Å². The normalized spacial score (nSPS) is 26.7. The van der Waals surface area contributed by atoms with E-state index in [9.17, 15) is 13.2 Å². The second-order valence-corrected chi connectivity index (χ2v) is 8.01. The number of hydrogen-bond acceptors (Lipinski definition) is 5. The fourth-order valence-corrected chi connectivity index (χ4v) is 4.88. The van der Waals surface area contributed by atoms with Crippen LogP contribution in [-0.2, 0) is 14.8 Å². The van der Waals surface area contributed by atoms with E-state index in [4.69, 9.17) is 0 Å². The van der Waals surface area contributed by atoms with Gasteiger partial charge in [-0.05, 0) is 37.9 Å². The van der Waals surface area contributed by atoms with Gasteiger partial charge in [-0.25, -0.2) is 0 Å². The summed E-state index contributed by atoms with van der Waals surface area (Å²) in [6.07, 6.45) is 2.49. The Balaban J connectivity index is 0.00000182. The van der Waals surface area contributed by atoms with Crippen molar-refractivity contribution in [3.8, 4) is 0 Å². The topological polar surface area (TPSA) is 90.9 Å². The van der Waals surface area contributed by atoms with Gasteiger partial charge >= 0.3 is 0 Å². The lowest BCUT2D eigenvalue weighted by atomic mass is 10.1. The van der Waals surface area contributed by atoms with Crippen LogP contribution < -0.4 is 10.6 Å². The van der Waals surface area contributed by atoms with Crippen LogP contribution in [0.5, 0.6) is 0 Å². The van der Waals surface area contributed by atoms with Gasteiger partial charge < -0.3 is 15.5 Å². The quantitative estimate of drug-likeness (QED) is 0.774. The summed E-state index contributed by atoms with van der Waals surface area (Å²) in [5.74, 6) is 0.374. The lowest BCUT2D eigenvalue weighted by molar-refractivity contribution is -0.125. The van der Waals surface area contributed by atoms with Crippen molar-refractivity contribution in [3.05, 3.63) is 29.8 Å². The van der Waals surface area contributed by atoms with Gasteiger partial charge in [0.1, 0.15) is 10.9 Å². The van der Waals surface area contributed by atoms with Crippen molar-refractivity contribution in [2.45, 2.75) is 36.2 Å². The first-order chi connectivity index (χ1) is 11.6. The second kappa shape index (κ2) is 6.93. The SMILES string of the molecule is Cl.O=C(NC1CCNC1)C1CCCN1C1=NS(=O)(=O)c2ccccc21. The van der Waals surface area contributed by atoms with Crippen LogP contribution in [0, 0.1) is 0 Å². The minimum absolute atomic E-state index is 0. The molecule has 9 heteroatoms. The lowest BCUT2D eigenvalue weighted by Crippen LogP contribution is -2.49. The zero-order valence-electron chi connectivity index (χ0n) is 13.6. The number of carbonyl (C=O) groups excluding carboxylic acids is 1. The van der Waals surface area contributed by atoms with Gasteiger partial charge in [-0.1, -0.05) is 12.1 Å². The predicted molar refractivity (Wildman–Crippen MR) is 96.6 cm³/mol. The number of hydrogen-bond donors (Lipinski definition) is 2. The predicted octanol–water partition coefficient (Wildman–Crippen LogP) is 0.500. The van der Waals surface area contributed by atoms with E-state index >= 15 is 0 Å². The van der Waals surface area contributed by atoms with Crippen molar-refractivity contribution in [1.82, 2.24) is 15.5 Å². The molecule has 3 aliphatic rings. The average Bonchev–Trinajstić information content (AvgIpc) is 3.27. The Morgan fingerprint density at radius 3 is 2.84 bits per heavy atom. The maximum absolute atomic E-state index is 12.7. The van der Waals surface area contributed by atoms with E-state index in [-0.39, 0.29) is 35.3 Å². The molecular formula is C16H21ClN4O3S. The van der Waals surface area contributed by atoms with Crippen LogP contribution in [0.25, 0.3) is 0 Å². The largest absolute Gasteiger partial charge is 0.350 e. The van der Waals surface area contributed by atoms with Crippen molar-refractivity contribution in [3.63, 3.8) is 0 Å². The van der Waals surface area contributed by atoms with Gasteiger partial charge in [0.15, 0.2) is 5.84 Å². The first-order valence-electron chi connectivity index (χ1n) is 8.28. The molecule has 0 saturated carbocycles. The van der Waals surface area contributed by atoms with Crippen molar-refractivity contribution in [2.75, 3.05) is 19.6 Å². The van der Waals surface area contributed by atoms with Crippen LogP contribution in [0.3, 0.4) is 0 Å². The Kier molecular flexibility index (Phi) is 5.04. The summed E-state index contributed by atoms with van der Waals surface area (Å²) in [5, 5.41) is 6.30. The highest BCUT2D eigenvalue weighted by molar-refractivity contribution is 7.90. The summed E-state index contributed by atoms with van der Waals surface area (Å²) < 4.78 is 28.5. The van der Waals surface area contributed by atoms with E-state index in [1.807, 2.05) is 4.90 Å². The molecule has 0 bridgehead atoms. The van der Waals surface area contributed by atoms with Crippen LogP contribution in [0.1, 0.15) is 24.8 Å². The molecule has 1 aromatic rings. The summed E-state index contributed by atoms with van der Waals surface area (Å²) >= 11 is 0. The van der Waals surface area contributed by atoms with Gasteiger partial charge in [-0.3, -0.25) is 4.79 Å². The number of benzene rings is 1. The van der Waals surface area contributed by atoms with E-state index in [2.05, 4.69) is 15.0 Å². The maximum Gasteiger partial charge on any atom is 0.285 e. The second-order valence-electron chi connectivity index (χ2n) is 6.44. The number of likely N-dealkylation sites (tertiary alicyclic amines) is 1. The number of nitrogens with zero attached hydrogens (tertiary/aromatic N) is 2. The minimum Gasteiger partial charge on any atom is -0.350 e. The number of sulfonamides is 1. The molecule has 136 valence electrons. The molecule has 2 saturated heterocycles. The first kappa shape index (κ1) is 18.2. The average molecular weight is 385 g/mol. The number of fused-ring (bicyclic) bond motifs is 1. The molecule has 0 aliphatic carbocycles. The van der Waals surface area contributed by atoms with E-state index in [1.54, 1.807) is 24.3 Å². The molecule has 0 spiro atoms. The molecule has 2 fully saturated rings. The van der Waals surface area contributed by atoms with Crippen LogP contribution in [-0.4, -0.2) is 56.8 Å². The standard InChI is InChI=1S/C16H20N4O3S.ClH/c21-16(18-11-7-8-17-10-11)13-5-3-9-20(13)15-12-4-1-2-6-14(12)24(22,23)19-15;/h1-2,4,6,11,13,17H,3,5,7-10H2,(H,18,21);1H. The number of amidine groups is 1. The molecule has 1 amide bonds. The van der Waals surface area contributed by atoms with Crippen molar-refractivity contribution < 1.29 is 13.2 Å². The zero-order chi connectivity index (χ0) is 16.7. The molecule has 2 unspecified atom stereocenters.